The molecule has 0 aliphatic carbocycles. The number of aryl methyl sites for hydroxylation is 1. The number of carbonyl (C=O) groups excluding carboxylic acids is 1. The van der Waals surface area contributed by atoms with Crippen LogP contribution in [0, 0.1) is 0 Å². The smallest absolute Gasteiger partial charge is 0.273 e. The summed E-state index contributed by atoms with van der Waals surface area (Å²) in [6.45, 7) is 3.30. The van der Waals surface area contributed by atoms with Crippen molar-refractivity contribution < 1.29 is 14.6 Å². The molecular weight excluding hydrogens is 677 g/mol. The van der Waals surface area contributed by atoms with Crippen LogP contribution in [0.5, 0.6) is 5.88 Å². The van der Waals surface area contributed by atoms with Crippen LogP contribution in [-0.4, -0.2) is 74.0 Å². The lowest BCUT2D eigenvalue weighted by Crippen LogP contribution is -2.36. The summed E-state index contributed by atoms with van der Waals surface area (Å²) in [6.07, 6.45) is 2.57. The van der Waals surface area contributed by atoms with E-state index in [9.17, 15) is 14.7 Å². The van der Waals surface area contributed by atoms with Crippen LogP contribution in [0.2, 0.25) is 10.0 Å². The van der Waals surface area contributed by atoms with Crippen LogP contribution in [0.15, 0.2) is 65.5 Å². The predicted molar refractivity (Wildman–Crippen MR) is 194 cm³/mol. The van der Waals surface area contributed by atoms with E-state index in [1.807, 2.05) is 61.6 Å². The van der Waals surface area contributed by atoms with Gasteiger partial charge in [0.2, 0.25) is 11.8 Å². The van der Waals surface area contributed by atoms with Gasteiger partial charge in [0, 0.05) is 92.2 Å². The fraction of sp³-hybridized carbons (Fsp3) is 0.351. The number of hydrogen-bond donors (Lipinski definition) is 3. The minimum atomic E-state index is -0.263. The molecule has 0 radical (unpaired) electrons. The van der Waals surface area contributed by atoms with E-state index in [0.717, 1.165) is 65.9 Å². The molecule has 5 aromatic rings. The van der Waals surface area contributed by atoms with Gasteiger partial charge in [0.05, 0.1) is 40.3 Å². The number of aliphatic hydroxyl groups excluding tert-OH is 1. The number of piperidine rings is 1. The van der Waals surface area contributed by atoms with E-state index in [-0.39, 0.29) is 23.6 Å². The van der Waals surface area contributed by atoms with Gasteiger partial charge < -0.3 is 20.5 Å². The number of aromatic nitrogens is 4. The average Bonchev–Trinajstić information content (AvgIpc) is 3.68. The van der Waals surface area contributed by atoms with Crippen molar-refractivity contribution in [1.82, 2.24) is 34.7 Å². The number of hydrogen-bond acceptors (Lipinski definition) is 8. The highest BCUT2D eigenvalue weighted by Gasteiger charge is 2.23. The number of pyridine rings is 1. The monoisotopic (exact) mass is 715 g/mol. The maximum absolute atomic E-state index is 13.3. The average molecular weight is 717 g/mol. The van der Waals surface area contributed by atoms with E-state index in [4.69, 9.17) is 37.9 Å². The topological polar surface area (TPSA) is 126 Å². The molecule has 3 aromatic heterocycles. The third kappa shape index (κ3) is 6.88. The van der Waals surface area contributed by atoms with Gasteiger partial charge in [-0.25, -0.2) is 9.97 Å². The van der Waals surface area contributed by atoms with Crippen LogP contribution < -0.4 is 20.9 Å². The number of rotatable bonds is 10. The first-order valence-electron chi connectivity index (χ1n) is 16.8. The molecule has 3 N–H and O–H groups in total. The van der Waals surface area contributed by atoms with Crippen LogP contribution in [-0.2, 0) is 24.9 Å². The number of carbonyl (C=O) groups is 1. The van der Waals surface area contributed by atoms with Crippen molar-refractivity contribution in [2.75, 3.05) is 26.7 Å². The van der Waals surface area contributed by atoms with Crippen molar-refractivity contribution in [2.24, 2.45) is 7.05 Å². The third-order valence-electron chi connectivity index (χ3n) is 9.59. The number of fused-ring (bicyclic) bond motifs is 1. The predicted octanol–water partition coefficient (Wildman–Crippen LogP) is 5.07. The van der Waals surface area contributed by atoms with E-state index in [2.05, 4.69) is 15.5 Å². The Balaban J connectivity index is 1.16. The zero-order chi connectivity index (χ0) is 34.9. The van der Waals surface area contributed by atoms with Crippen LogP contribution in [0.3, 0.4) is 0 Å². The maximum atomic E-state index is 13.3. The summed E-state index contributed by atoms with van der Waals surface area (Å²) >= 11 is 14.3. The molecule has 0 bridgehead atoms. The highest BCUT2D eigenvalue weighted by Crippen LogP contribution is 2.42. The molecule has 0 saturated carbocycles. The second-order valence-corrected chi connectivity index (χ2v) is 13.7. The summed E-state index contributed by atoms with van der Waals surface area (Å²) in [4.78, 5) is 36.6. The molecule has 13 heteroatoms. The standard InChI is InChI=1S/C37H39Cl2N7O4/c1-44-31(18-32-41-24(17-34(49)46(32)44)21-45-15-13-25(47)14-16-45)29-8-4-6-27(36(29)39)26-5-3-7-28(35(26)38)30-11-9-22(37(43-30)50-2)19-40-20-23-10-12-33(48)42-23/h3-9,11,17-18,23,25,40,47H,10,12-16,19-21H2,1-2H3,(H,42,48)/t23-/m0/s1. The van der Waals surface area contributed by atoms with E-state index in [1.54, 1.807) is 22.4 Å². The Bertz CT molecular complexity index is 2120. The number of aliphatic hydroxyl groups is 1. The summed E-state index contributed by atoms with van der Waals surface area (Å²) in [5.41, 5.74) is 6.28. The van der Waals surface area contributed by atoms with E-state index >= 15 is 0 Å². The number of likely N-dealkylation sites (tertiary alicyclic amines) is 1. The first-order chi connectivity index (χ1) is 24.2. The van der Waals surface area contributed by atoms with Gasteiger partial charge in [-0.2, -0.15) is 4.52 Å². The zero-order valence-corrected chi connectivity index (χ0v) is 29.5. The second-order valence-electron chi connectivity index (χ2n) is 12.9. The van der Waals surface area contributed by atoms with Crippen LogP contribution in [0.1, 0.15) is 36.9 Å². The Morgan fingerprint density at radius 2 is 1.64 bits per heavy atom. The van der Waals surface area contributed by atoms with E-state index in [0.29, 0.717) is 59.0 Å². The molecule has 2 fully saturated rings. The fourth-order valence-electron chi connectivity index (χ4n) is 6.92. The molecule has 11 nitrogen and oxygen atoms in total. The molecule has 0 unspecified atom stereocenters. The van der Waals surface area contributed by atoms with Gasteiger partial charge in [-0.3, -0.25) is 19.2 Å². The van der Waals surface area contributed by atoms with Gasteiger partial charge in [-0.1, -0.05) is 65.7 Å². The summed E-state index contributed by atoms with van der Waals surface area (Å²) in [5.74, 6) is 0.584. The van der Waals surface area contributed by atoms with E-state index < -0.39 is 0 Å². The lowest BCUT2D eigenvalue weighted by Gasteiger charge is -2.28. The summed E-state index contributed by atoms with van der Waals surface area (Å²) in [7, 11) is 3.41. The SMILES string of the molecule is COc1nc(-c2cccc(-c3cccc(-c4cc5nc(CN6CCC(O)CC6)cc(=O)n5n4C)c3Cl)c2Cl)ccc1CNC[C@@H]1CCC(=O)N1. The molecule has 2 aliphatic heterocycles. The minimum absolute atomic E-state index is 0.0935. The Hall–Kier alpha value is -4.26. The Morgan fingerprint density at radius 3 is 2.34 bits per heavy atom. The van der Waals surface area contributed by atoms with Gasteiger partial charge in [0.15, 0.2) is 5.65 Å². The summed E-state index contributed by atoms with van der Waals surface area (Å²) < 4.78 is 8.96. The van der Waals surface area contributed by atoms with Gasteiger partial charge in [-0.15, -0.1) is 0 Å². The molecule has 0 spiro atoms. The Morgan fingerprint density at radius 1 is 0.940 bits per heavy atom. The molecule has 1 atom stereocenters. The van der Waals surface area contributed by atoms with Crippen LogP contribution >= 0.6 is 23.2 Å². The minimum Gasteiger partial charge on any atom is -0.481 e. The maximum Gasteiger partial charge on any atom is 0.273 e. The second kappa shape index (κ2) is 14.5. The van der Waals surface area contributed by atoms with Gasteiger partial charge >= 0.3 is 0 Å². The van der Waals surface area contributed by atoms with Crippen molar-refractivity contribution in [3.8, 4) is 39.5 Å². The lowest BCUT2D eigenvalue weighted by atomic mass is 9.98. The molecule has 5 heterocycles. The van der Waals surface area contributed by atoms with Gasteiger partial charge in [0.1, 0.15) is 0 Å². The van der Waals surface area contributed by atoms with Gasteiger partial charge in [-0.05, 0) is 25.3 Å². The van der Waals surface area contributed by atoms with Crippen molar-refractivity contribution in [2.45, 2.75) is 50.9 Å². The molecular formula is C37H39Cl2N7O4. The summed E-state index contributed by atoms with van der Waals surface area (Å²) in [5, 5.41) is 17.2. The molecule has 2 aliphatic rings. The number of ether oxygens (including phenoxy) is 1. The molecule has 260 valence electrons. The lowest BCUT2D eigenvalue weighted by molar-refractivity contribution is -0.119. The molecule has 2 saturated heterocycles. The highest BCUT2D eigenvalue weighted by atomic mass is 35.5. The quantitative estimate of drug-likeness (QED) is 0.183. The molecule has 7 rings (SSSR count). The highest BCUT2D eigenvalue weighted by molar-refractivity contribution is 6.39. The fourth-order valence-corrected chi connectivity index (χ4v) is 7.57. The number of halogens is 2. The van der Waals surface area contributed by atoms with Crippen LogP contribution in [0.25, 0.3) is 39.3 Å². The van der Waals surface area contributed by atoms with Crippen molar-refractivity contribution in [3.05, 3.63) is 92.3 Å². The number of nitrogens with one attached hydrogen (secondary N) is 2. The Labute approximate surface area is 299 Å². The summed E-state index contributed by atoms with van der Waals surface area (Å²) in [6, 6.07) is 19.0. The van der Waals surface area contributed by atoms with Crippen LogP contribution in [0.4, 0.5) is 0 Å². The number of benzene rings is 2. The number of nitrogens with zero attached hydrogens (tertiary/aromatic N) is 5. The van der Waals surface area contributed by atoms with Gasteiger partial charge in [0.25, 0.3) is 5.56 Å². The Kier molecular flexibility index (Phi) is 9.94. The molecule has 1 amide bonds. The molecule has 2 aromatic carbocycles. The van der Waals surface area contributed by atoms with Crippen molar-refractivity contribution in [1.29, 1.82) is 0 Å². The largest absolute Gasteiger partial charge is 0.481 e. The zero-order valence-electron chi connectivity index (χ0n) is 28.0. The number of methoxy groups -OCH3 is 1. The third-order valence-corrected chi connectivity index (χ3v) is 10.4. The number of amides is 1. The van der Waals surface area contributed by atoms with Crippen molar-refractivity contribution in [3.63, 3.8) is 0 Å². The normalized spacial score (nSPS) is 17.1. The van der Waals surface area contributed by atoms with Crippen molar-refractivity contribution >= 4 is 34.8 Å². The first-order valence-corrected chi connectivity index (χ1v) is 17.6. The molecule has 50 heavy (non-hydrogen) atoms. The van der Waals surface area contributed by atoms with E-state index in [1.165, 1.54) is 0 Å². The first kappa shape index (κ1) is 34.2.